The molecule has 7 nitrogen and oxygen atoms in total. The highest BCUT2D eigenvalue weighted by molar-refractivity contribution is 7.92. The molecule has 1 saturated heterocycles. The Morgan fingerprint density at radius 2 is 1.70 bits per heavy atom. The molecule has 8 heteroatoms. The third-order valence-corrected chi connectivity index (χ3v) is 7.96. The van der Waals surface area contributed by atoms with Crippen molar-refractivity contribution in [3.05, 3.63) is 54.6 Å². The summed E-state index contributed by atoms with van der Waals surface area (Å²) < 4.78 is 31.5. The summed E-state index contributed by atoms with van der Waals surface area (Å²) in [5, 5.41) is 8.98. The van der Waals surface area contributed by atoms with Crippen LogP contribution in [0, 0.1) is 12.3 Å². The maximum Gasteiger partial charge on any atom is 0.244 e. The topological polar surface area (TPSA) is 95.9 Å². The van der Waals surface area contributed by atoms with Gasteiger partial charge in [0, 0.05) is 19.5 Å². The molecule has 0 radical (unpaired) electrons. The number of nitrogens with one attached hydrogen (secondary N) is 1. The number of nitrogens with zero attached hydrogens (tertiary/aromatic N) is 1. The van der Waals surface area contributed by atoms with Crippen molar-refractivity contribution < 1.29 is 23.2 Å². The summed E-state index contributed by atoms with van der Waals surface area (Å²) in [4.78, 5) is 14.0. The summed E-state index contributed by atoms with van der Waals surface area (Å²) in [7, 11) is -3.86. The van der Waals surface area contributed by atoms with Crippen molar-refractivity contribution in [2.24, 2.45) is 0 Å². The number of terminal acetylenes is 1. The van der Waals surface area contributed by atoms with Gasteiger partial charge in [-0.05, 0) is 49.2 Å². The van der Waals surface area contributed by atoms with E-state index in [-0.39, 0.29) is 24.2 Å². The molecule has 1 heterocycles. The standard InChI is InChI=1S/C22H24N2O5S/c1-2-14-24-15-12-22(13-16-24,17-21(25)23-26)30(27,28)20-10-8-19(9-11-20)29-18-6-4-3-5-7-18/h1,3-11,26H,12-17H2,(H,23,25). The average molecular weight is 429 g/mol. The van der Waals surface area contributed by atoms with Gasteiger partial charge in [0.15, 0.2) is 9.84 Å². The number of carbonyl (C=O) groups is 1. The number of likely N-dealkylation sites (tertiary alicyclic amines) is 1. The van der Waals surface area contributed by atoms with Crippen molar-refractivity contribution in [2.75, 3.05) is 19.6 Å². The Labute approximate surface area is 176 Å². The molecule has 2 N–H and O–H groups in total. The zero-order valence-electron chi connectivity index (χ0n) is 16.5. The zero-order chi connectivity index (χ0) is 21.6. The largest absolute Gasteiger partial charge is 0.457 e. The maximum absolute atomic E-state index is 13.5. The molecule has 0 saturated carbocycles. The van der Waals surface area contributed by atoms with E-state index in [0.717, 1.165) is 0 Å². The third-order valence-electron chi connectivity index (χ3n) is 5.37. The first-order valence-corrected chi connectivity index (χ1v) is 11.0. The first-order valence-electron chi connectivity index (χ1n) is 9.56. The first-order chi connectivity index (χ1) is 14.4. The molecule has 0 aliphatic carbocycles. The van der Waals surface area contributed by atoms with E-state index in [9.17, 15) is 13.2 Å². The number of rotatable bonds is 7. The second-order valence-electron chi connectivity index (χ2n) is 7.26. The Hall–Kier alpha value is -2.86. The van der Waals surface area contributed by atoms with Crippen LogP contribution in [0.1, 0.15) is 19.3 Å². The molecular weight excluding hydrogens is 404 g/mol. The van der Waals surface area contributed by atoms with Gasteiger partial charge in [-0.1, -0.05) is 24.1 Å². The van der Waals surface area contributed by atoms with E-state index in [4.69, 9.17) is 16.4 Å². The highest BCUT2D eigenvalue weighted by Crippen LogP contribution is 2.39. The number of ether oxygens (including phenoxy) is 1. The molecule has 30 heavy (non-hydrogen) atoms. The molecule has 1 aliphatic heterocycles. The number of carbonyl (C=O) groups excluding carboxylic acids is 1. The fourth-order valence-electron chi connectivity index (χ4n) is 3.68. The van der Waals surface area contributed by atoms with Crippen LogP contribution in [0.3, 0.4) is 0 Å². The number of piperidine rings is 1. The van der Waals surface area contributed by atoms with Crippen LogP contribution in [-0.4, -0.2) is 48.8 Å². The van der Waals surface area contributed by atoms with Crippen LogP contribution in [0.25, 0.3) is 0 Å². The van der Waals surface area contributed by atoms with Gasteiger partial charge >= 0.3 is 0 Å². The number of para-hydroxylation sites is 1. The van der Waals surface area contributed by atoms with E-state index >= 15 is 0 Å². The number of amides is 1. The summed E-state index contributed by atoms with van der Waals surface area (Å²) in [6.45, 7) is 1.34. The number of benzene rings is 2. The number of hydrogen-bond acceptors (Lipinski definition) is 6. The van der Waals surface area contributed by atoms with Crippen molar-refractivity contribution >= 4 is 15.7 Å². The van der Waals surface area contributed by atoms with Crippen molar-refractivity contribution in [1.82, 2.24) is 10.4 Å². The molecule has 2 aromatic rings. The predicted octanol–water partition coefficient (Wildman–Crippen LogP) is 2.62. The summed E-state index contributed by atoms with van der Waals surface area (Å²) in [5.41, 5.74) is 1.56. The smallest absolute Gasteiger partial charge is 0.244 e. The quantitative estimate of drug-likeness (QED) is 0.400. The monoisotopic (exact) mass is 428 g/mol. The Morgan fingerprint density at radius 1 is 1.10 bits per heavy atom. The molecule has 2 aromatic carbocycles. The lowest BCUT2D eigenvalue weighted by Crippen LogP contribution is -2.51. The van der Waals surface area contributed by atoms with Gasteiger partial charge < -0.3 is 4.74 Å². The molecule has 0 bridgehead atoms. The van der Waals surface area contributed by atoms with Crippen molar-refractivity contribution in [1.29, 1.82) is 0 Å². The SMILES string of the molecule is C#CCN1CCC(CC(=O)NO)(S(=O)(=O)c2ccc(Oc3ccccc3)cc2)CC1. The fraction of sp³-hybridized carbons (Fsp3) is 0.318. The van der Waals surface area contributed by atoms with Crippen LogP contribution < -0.4 is 10.2 Å². The van der Waals surface area contributed by atoms with Crippen LogP contribution in [0.4, 0.5) is 0 Å². The molecule has 0 aromatic heterocycles. The van der Waals surface area contributed by atoms with Crippen LogP contribution in [0.5, 0.6) is 11.5 Å². The van der Waals surface area contributed by atoms with E-state index in [1.807, 2.05) is 23.1 Å². The Kier molecular flexibility index (Phi) is 6.77. The van der Waals surface area contributed by atoms with Gasteiger partial charge in [-0.3, -0.25) is 14.9 Å². The summed E-state index contributed by atoms with van der Waals surface area (Å²) in [5.74, 6) is 2.98. The van der Waals surface area contributed by atoms with Crippen LogP contribution >= 0.6 is 0 Å². The maximum atomic E-state index is 13.5. The molecule has 0 unspecified atom stereocenters. The van der Waals surface area contributed by atoms with E-state index in [1.165, 1.54) is 12.1 Å². The predicted molar refractivity (Wildman–Crippen MR) is 112 cm³/mol. The minimum absolute atomic E-state index is 0.110. The lowest BCUT2D eigenvalue weighted by Gasteiger charge is -2.40. The molecule has 3 rings (SSSR count). The summed E-state index contributed by atoms with van der Waals surface area (Å²) in [6.07, 6.45) is 5.52. The molecule has 158 valence electrons. The van der Waals surface area contributed by atoms with Crippen molar-refractivity contribution in [3.8, 4) is 23.8 Å². The van der Waals surface area contributed by atoms with Crippen molar-refractivity contribution in [3.63, 3.8) is 0 Å². The van der Waals surface area contributed by atoms with Gasteiger partial charge in [-0.25, -0.2) is 13.9 Å². The minimum atomic E-state index is -3.86. The summed E-state index contributed by atoms with van der Waals surface area (Å²) >= 11 is 0. The lowest BCUT2D eigenvalue weighted by molar-refractivity contribution is -0.130. The number of sulfone groups is 1. The van der Waals surface area contributed by atoms with Crippen LogP contribution in [-0.2, 0) is 14.6 Å². The molecule has 1 amide bonds. The summed E-state index contributed by atoms with van der Waals surface area (Å²) in [6, 6.07) is 15.3. The number of hydroxylamine groups is 1. The highest BCUT2D eigenvalue weighted by Gasteiger charge is 2.48. The zero-order valence-corrected chi connectivity index (χ0v) is 17.3. The van der Waals surface area contributed by atoms with E-state index in [0.29, 0.717) is 31.1 Å². The number of hydrogen-bond donors (Lipinski definition) is 2. The highest BCUT2D eigenvalue weighted by atomic mass is 32.2. The molecule has 1 fully saturated rings. The molecular formula is C22H24N2O5S. The van der Waals surface area contributed by atoms with Gasteiger partial charge in [-0.2, -0.15) is 0 Å². The molecule has 0 spiro atoms. The van der Waals surface area contributed by atoms with E-state index in [1.54, 1.807) is 29.7 Å². The van der Waals surface area contributed by atoms with E-state index < -0.39 is 20.5 Å². The Morgan fingerprint density at radius 3 is 2.27 bits per heavy atom. The van der Waals surface area contributed by atoms with Crippen LogP contribution in [0.15, 0.2) is 59.5 Å². The Balaban J connectivity index is 1.85. The van der Waals surface area contributed by atoms with Crippen LogP contribution in [0.2, 0.25) is 0 Å². The van der Waals surface area contributed by atoms with Gasteiger partial charge in [-0.15, -0.1) is 6.42 Å². The normalized spacial score (nSPS) is 16.4. The van der Waals surface area contributed by atoms with E-state index in [2.05, 4.69) is 5.92 Å². The van der Waals surface area contributed by atoms with Gasteiger partial charge in [0.2, 0.25) is 5.91 Å². The van der Waals surface area contributed by atoms with Crippen molar-refractivity contribution in [2.45, 2.75) is 28.9 Å². The van der Waals surface area contributed by atoms with Gasteiger partial charge in [0.1, 0.15) is 11.5 Å². The molecule has 1 aliphatic rings. The average Bonchev–Trinajstić information content (AvgIpc) is 2.76. The molecule has 0 atom stereocenters. The second-order valence-corrected chi connectivity index (χ2v) is 9.61. The third kappa shape index (κ3) is 4.65. The Bertz CT molecular complexity index is 1010. The minimum Gasteiger partial charge on any atom is -0.457 e. The van der Waals surface area contributed by atoms with Gasteiger partial charge in [0.25, 0.3) is 0 Å². The second kappa shape index (κ2) is 9.30. The first kappa shape index (κ1) is 21.8. The van der Waals surface area contributed by atoms with Gasteiger partial charge in [0.05, 0.1) is 16.2 Å². The lowest BCUT2D eigenvalue weighted by atomic mass is 9.92. The fourth-order valence-corrected chi connectivity index (χ4v) is 5.72.